The topological polar surface area (TPSA) is 86.9 Å². The third-order valence-corrected chi connectivity index (χ3v) is 5.78. The first-order valence-electron chi connectivity index (χ1n) is 7.19. The van der Waals surface area contributed by atoms with E-state index in [0.29, 0.717) is 18.7 Å². The van der Waals surface area contributed by atoms with Crippen molar-refractivity contribution < 1.29 is 8.42 Å². The molecule has 6 nitrogen and oxygen atoms in total. The molecule has 0 atom stereocenters. The number of aromatic amines is 1. The van der Waals surface area contributed by atoms with E-state index in [0.717, 1.165) is 19.3 Å². The third-order valence-electron chi connectivity index (χ3n) is 4.37. The van der Waals surface area contributed by atoms with E-state index >= 15 is 0 Å². The van der Waals surface area contributed by atoms with Gasteiger partial charge in [-0.3, -0.25) is 5.10 Å². The van der Waals surface area contributed by atoms with Crippen LogP contribution in [0, 0.1) is 5.41 Å². The van der Waals surface area contributed by atoms with Crippen LogP contribution in [-0.4, -0.2) is 32.2 Å². The summed E-state index contributed by atoms with van der Waals surface area (Å²) >= 11 is 0. The summed E-state index contributed by atoms with van der Waals surface area (Å²) in [6.07, 6.45) is 7.18. The second kappa shape index (κ2) is 6.24. The van der Waals surface area contributed by atoms with Crippen molar-refractivity contribution in [1.82, 2.24) is 20.2 Å². The Kier molecular flexibility index (Phi) is 4.82. The van der Waals surface area contributed by atoms with Crippen LogP contribution < -0.4 is 10.0 Å². The molecule has 2 rings (SSSR count). The van der Waals surface area contributed by atoms with Gasteiger partial charge in [-0.05, 0) is 31.7 Å². The number of rotatable bonds is 7. The van der Waals surface area contributed by atoms with E-state index in [9.17, 15) is 8.42 Å². The van der Waals surface area contributed by atoms with E-state index in [1.807, 2.05) is 0 Å². The molecule has 1 aromatic rings. The zero-order valence-corrected chi connectivity index (χ0v) is 13.0. The molecule has 0 aliphatic heterocycles. The van der Waals surface area contributed by atoms with E-state index < -0.39 is 10.0 Å². The molecule has 20 heavy (non-hydrogen) atoms. The van der Waals surface area contributed by atoms with Gasteiger partial charge in [0.05, 0.1) is 6.20 Å². The van der Waals surface area contributed by atoms with Crippen LogP contribution in [0.4, 0.5) is 0 Å². The molecule has 0 amide bonds. The number of nitrogens with zero attached hydrogens (tertiary/aromatic N) is 1. The Morgan fingerprint density at radius 1 is 1.40 bits per heavy atom. The largest absolute Gasteiger partial charge is 0.316 e. The van der Waals surface area contributed by atoms with Crippen LogP contribution in [0.5, 0.6) is 0 Å². The third kappa shape index (κ3) is 3.21. The highest BCUT2D eigenvalue weighted by atomic mass is 32.2. The molecule has 0 spiro atoms. The predicted octanol–water partition coefficient (Wildman–Crippen LogP) is 1.38. The standard InChI is InChI=1S/C13H24N4O2S/c1-3-13(6-4-5-7-13)10-16-20(18,19)12-11(8-14-2)9-15-17-12/h9,14,16H,3-8,10H2,1-2H3,(H,15,17). The average Bonchev–Trinajstić information content (AvgIpc) is 3.07. The first kappa shape index (κ1) is 15.5. The van der Waals surface area contributed by atoms with E-state index in [-0.39, 0.29) is 10.4 Å². The van der Waals surface area contributed by atoms with Gasteiger partial charge in [0.25, 0.3) is 10.0 Å². The van der Waals surface area contributed by atoms with Crippen molar-refractivity contribution >= 4 is 10.0 Å². The van der Waals surface area contributed by atoms with Crippen LogP contribution in [0.2, 0.25) is 0 Å². The minimum absolute atomic E-state index is 0.135. The molecule has 0 saturated heterocycles. The van der Waals surface area contributed by atoms with Crippen LogP contribution in [0.1, 0.15) is 44.6 Å². The average molecular weight is 300 g/mol. The second-order valence-corrected chi connectivity index (χ2v) is 7.34. The van der Waals surface area contributed by atoms with E-state index in [1.54, 1.807) is 13.2 Å². The number of hydrogen-bond acceptors (Lipinski definition) is 4. The molecule has 0 radical (unpaired) electrons. The zero-order chi connectivity index (χ0) is 14.6. The summed E-state index contributed by atoms with van der Waals surface area (Å²) in [6.45, 7) is 3.14. The summed E-state index contributed by atoms with van der Waals surface area (Å²) in [5.41, 5.74) is 0.799. The Balaban J connectivity index is 2.09. The number of aromatic nitrogens is 2. The Labute approximate surface area is 120 Å². The number of sulfonamides is 1. The molecular formula is C13H24N4O2S. The molecule has 1 saturated carbocycles. The van der Waals surface area contributed by atoms with Gasteiger partial charge < -0.3 is 5.32 Å². The van der Waals surface area contributed by atoms with E-state index in [1.165, 1.54) is 12.8 Å². The minimum Gasteiger partial charge on any atom is -0.316 e. The molecule has 1 aliphatic rings. The van der Waals surface area contributed by atoms with Crippen molar-refractivity contribution in [3.63, 3.8) is 0 Å². The van der Waals surface area contributed by atoms with Crippen molar-refractivity contribution in [1.29, 1.82) is 0 Å². The van der Waals surface area contributed by atoms with Gasteiger partial charge in [-0.25, -0.2) is 13.1 Å². The molecule has 1 aromatic heterocycles. The Morgan fingerprint density at radius 2 is 2.10 bits per heavy atom. The van der Waals surface area contributed by atoms with Crippen LogP contribution in [0.3, 0.4) is 0 Å². The molecule has 1 heterocycles. The fraction of sp³-hybridized carbons (Fsp3) is 0.769. The van der Waals surface area contributed by atoms with Gasteiger partial charge in [-0.2, -0.15) is 5.10 Å². The maximum atomic E-state index is 12.4. The Hall–Kier alpha value is -0.920. The fourth-order valence-electron chi connectivity index (χ4n) is 2.95. The second-order valence-electron chi connectivity index (χ2n) is 5.64. The van der Waals surface area contributed by atoms with Crippen molar-refractivity contribution in [2.45, 2.75) is 50.6 Å². The Morgan fingerprint density at radius 3 is 2.70 bits per heavy atom. The lowest BCUT2D eigenvalue weighted by atomic mass is 9.84. The smallest absolute Gasteiger partial charge is 0.257 e. The molecule has 0 aromatic carbocycles. The summed E-state index contributed by atoms with van der Waals surface area (Å²) in [7, 11) is -1.73. The lowest BCUT2D eigenvalue weighted by molar-refractivity contribution is 0.285. The van der Waals surface area contributed by atoms with Gasteiger partial charge in [0.1, 0.15) is 0 Å². The summed E-state index contributed by atoms with van der Waals surface area (Å²) in [5.74, 6) is 0. The van der Waals surface area contributed by atoms with E-state index in [4.69, 9.17) is 0 Å². The number of hydrogen-bond donors (Lipinski definition) is 3. The highest BCUT2D eigenvalue weighted by Crippen LogP contribution is 2.40. The molecule has 0 unspecified atom stereocenters. The molecular weight excluding hydrogens is 276 g/mol. The summed E-state index contributed by atoms with van der Waals surface area (Å²) in [6, 6.07) is 0. The van der Waals surface area contributed by atoms with E-state index in [2.05, 4.69) is 27.2 Å². The monoisotopic (exact) mass is 300 g/mol. The van der Waals surface area contributed by atoms with Crippen molar-refractivity contribution in [2.75, 3.05) is 13.6 Å². The first-order valence-corrected chi connectivity index (χ1v) is 8.68. The van der Waals surface area contributed by atoms with Crippen LogP contribution in [0.25, 0.3) is 0 Å². The van der Waals surface area contributed by atoms with Gasteiger partial charge in [0, 0.05) is 18.7 Å². The predicted molar refractivity (Wildman–Crippen MR) is 77.7 cm³/mol. The summed E-state index contributed by atoms with van der Waals surface area (Å²) in [5, 5.41) is 9.56. The lowest BCUT2D eigenvalue weighted by Gasteiger charge is -2.27. The fourth-order valence-corrected chi connectivity index (χ4v) is 4.23. The zero-order valence-electron chi connectivity index (χ0n) is 12.2. The maximum Gasteiger partial charge on any atom is 0.257 e. The van der Waals surface area contributed by atoms with Gasteiger partial charge in [0.2, 0.25) is 0 Å². The first-order chi connectivity index (χ1) is 9.53. The van der Waals surface area contributed by atoms with Crippen molar-refractivity contribution in [3.8, 4) is 0 Å². The molecule has 3 N–H and O–H groups in total. The summed E-state index contributed by atoms with van der Waals surface area (Å²) in [4.78, 5) is 0. The van der Waals surface area contributed by atoms with Crippen molar-refractivity contribution in [2.24, 2.45) is 5.41 Å². The van der Waals surface area contributed by atoms with Crippen LogP contribution in [-0.2, 0) is 16.6 Å². The molecule has 7 heteroatoms. The van der Waals surface area contributed by atoms with Gasteiger partial charge >= 0.3 is 0 Å². The van der Waals surface area contributed by atoms with Crippen molar-refractivity contribution in [3.05, 3.63) is 11.8 Å². The molecule has 114 valence electrons. The van der Waals surface area contributed by atoms with Crippen LogP contribution >= 0.6 is 0 Å². The molecule has 0 bridgehead atoms. The maximum absolute atomic E-state index is 12.4. The van der Waals surface area contributed by atoms with Gasteiger partial charge in [-0.1, -0.05) is 19.8 Å². The highest BCUT2D eigenvalue weighted by Gasteiger charge is 2.33. The Bertz CT molecular complexity index is 532. The molecule has 1 fully saturated rings. The molecule has 1 aliphatic carbocycles. The quantitative estimate of drug-likeness (QED) is 0.710. The van der Waals surface area contributed by atoms with Crippen LogP contribution in [0.15, 0.2) is 11.2 Å². The summed E-state index contributed by atoms with van der Waals surface area (Å²) < 4.78 is 27.6. The normalized spacial score (nSPS) is 18.5. The minimum atomic E-state index is -3.51. The van der Waals surface area contributed by atoms with Gasteiger partial charge in [-0.15, -0.1) is 0 Å². The number of nitrogens with one attached hydrogen (secondary N) is 3. The highest BCUT2D eigenvalue weighted by molar-refractivity contribution is 7.89. The lowest BCUT2D eigenvalue weighted by Crippen LogP contribution is -2.36. The SMILES string of the molecule is CCC1(CNS(=O)(=O)c2[nH]ncc2CNC)CCCC1. The van der Waals surface area contributed by atoms with Gasteiger partial charge in [0.15, 0.2) is 5.03 Å². The number of H-pyrrole nitrogens is 1.